The highest BCUT2D eigenvalue weighted by Gasteiger charge is 2.03. The van der Waals surface area contributed by atoms with Crippen molar-refractivity contribution in [2.24, 2.45) is 0 Å². The Labute approximate surface area is 196 Å². The van der Waals surface area contributed by atoms with Gasteiger partial charge in [-0.3, -0.25) is 0 Å². The van der Waals surface area contributed by atoms with E-state index in [1.54, 1.807) is 14.2 Å². The Morgan fingerprint density at radius 3 is 1.21 bits per heavy atom. The van der Waals surface area contributed by atoms with E-state index >= 15 is 0 Å². The maximum Gasteiger partial charge on any atom is 0.127 e. The lowest BCUT2D eigenvalue weighted by molar-refractivity contribution is 0.414. The van der Waals surface area contributed by atoms with Crippen molar-refractivity contribution in [2.75, 3.05) is 14.2 Å². The molecule has 0 saturated carbocycles. The second-order valence-corrected chi connectivity index (χ2v) is 8.09. The monoisotopic (exact) mass is 438 g/mol. The van der Waals surface area contributed by atoms with Gasteiger partial charge >= 0.3 is 0 Å². The highest BCUT2D eigenvalue weighted by molar-refractivity contribution is 5.37. The van der Waals surface area contributed by atoms with Gasteiger partial charge in [-0.05, 0) is 96.5 Å². The van der Waals surface area contributed by atoms with Crippen LogP contribution in [-0.4, -0.2) is 14.2 Å². The van der Waals surface area contributed by atoms with E-state index in [2.05, 4.69) is 60.7 Å². The zero-order valence-corrected chi connectivity index (χ0v) is 19.3. The van der Waals surface area contributed by atoms with Crippen LogP contribution in [0.5, 0.6) is 23.0 Å². The Hall–Kier alpha value is -3.72. The summed E-state index contributed by atoms with van der Waals surface area (Å²) in [5, 5.41) is 0. The van der Waals surface area contributed by atoms with Crippen molar-refractivity contribution in [1.82, 2.24) is 0 Å². The largest absolute Gasteiger partial charge is 0.497 e. The summed E-state index contributed by atoms with van der Waals surface area (Å²) in [7, 11) is 3.38. The third kappa shape index (κ3) is 6.63. The molecule has 4 aromatic carbocycles. The SMILES string of the molecule is COc1ccc(CCc2cccc(Oc3cccc(CCc4ccc(OC)cc4)c3)c2)cc1. The van der Waals surface area contributed by atoms with E-state index in [4.69, 9.17) is 14.2 Å². The summed E-state index contributed by atoms with van der Waals surface area (Å²) in [6.07, 6.45) is 3.89. The van der Waals surface area contributed by atoms with E-state index in [9.17, 15) is 0 Å². The van der Waals surface area contributed by atoms with Crippen molar-refractivity contribution in [3.05, 3.63) is 119 Å². The first-order valence-corrected chi connectivity index (χ1v) is 11.3. The minimum Gasteiger partial charge on any atom is -0.497 e. The second-order valence-electron chi connectivity index (χ2n) is 8.09. The van der Waals surface area contributed by atoms with Crippen LogP contribution in [0, 0.1) is 0 Å². The van der Waals surface area contributed by atoms with Gasteiger partial charge in [0.25, 0.3) is 0 Å². The van der Waals surface area contributed by atoms with Crippen molar-refractivity contribution in [3.63, 3.8) is 0 Å². The molecule has 33 heavy (non-hydrogen) atoms. The minimum atomic E-state index is 0.870. The Kier molecular flexibility index (Phi) is 7.65. The zero-order chi connectivity index (χ0) is 22.9. The maximum absolute atomic E-state index is 6.19. The second kappa shape index (κ2) is 11.2. The molecule has 0 atom stereocenters. The predicted molar refractivity (Wildman–Crippen MR) is 134 cm³/mol. The van der Waals surface area contributed by atoms with Gasteiger partial charge in [-0.2, -0.15) is 0 Å². The van der Waals surface area contributed by atoms with Gasteiger partial charge < -0.3 is 14.2 Å². The molecular weight excluding hydrogens is 408 g/mol. The standard InChI is InChI=1S/C30H30O3/c1-31-27-17-13-23(14-18-27)9-11-25-5-3-7-29(21-25)33-30-8-4-6-26(22-30)12-10-24-15-19-28(32-2)20-16-24/h3-8,13-22H,9-12H2,1-2H3. The van der Waals surface area contributed by atoms with Gasteiger partial charge in [0.05, 0.1) is 14.2 Å². The summed E-state index contributed by atoms with van der Waals surface area (Å²) in [5.41, 5.74) is 5.12. The Morgan fingerprint density at radius 1 is 0.424 bits per heavy atom. The number of benzene rings is 4. The van der Waals surface area contributed by atoms with Gasteiger partial charge in [0.15, 0.2) is 0 Å². The first-order chi connectivity index (χ1) is 16.2. The van der Waals surface area contributed by atoms with Gasteiger partial charge in [-0.15, -0.1) is 0 Å². The molecule has 168 valence electrons. The Bertz CT molecular complexity index is 1050. The first kappa shape index (κ1) is 22.5. The molecule has 0 saturated heterocycles. The van der Waals surface area contributed by atoms with Crippen LogP contribution in [0.4, 0.5) is 0 Å². The third-order valence-electron chi connectivity index (χ3n) is 5.76. The predicted octanol–water partition coefficient (Wildman–Crippen LogP) is 7.07. The Balaban J connectivity index is 1.34. The number of hydrogen-bond donors (Lipinski definition) is 0. The summed E-state index contributed by atoms with van der Waals surface area (Å²) < 4.78 is 16.7. The number of aryl methyl sites for hydroxylation is 4. The topological polar surface area (TPSA) is 27.7 Å². The molecule has 0 unspecified atom stereocenters. The Morgan fingerprint density at radius 2 is 0.818 bits per heavy atom. The number of ether oxygens (including phenoxy) is 3. The molecule has 3 heteroatoms. The van der Waals surface area contributed by atoms with Crippen LogP contribution in [0.2, 0.25) is 0 Å². The molecule has 3 nitrogen and oxygen atoms in total. The molecule has 0 aliphatic rings. The van der Waals surface area contributed by atoms with E-state index in [1.807, 2.05) is 36.4 Å². The summed E-state index contributed by atoms with van der Waals surface area (Å²) in [5.74, 6) is 3.52. The fourth-order valence-electron chi connectivity index (χ4n) is 3.83. The van der Waals surface area contributed by atoms with Crippen LogP contribution in [0.3, 0.4) is 0 Å². The molecule has 0 fully saturated rings. The lowest BCUT2D eigenvalue weighted by Crippen LogP contribution is -1.94. The smallest absolute Gasteiger partial charge is 0.127 e. The number of rotatable bonds is 10. The minimum absolute atomic E-state index is 0.870. The van der Waals surface area contributed by atoms with Crippen molar-refractivity contribution in [2.45, 2.75) is 25.7 Å². The van der Waals surface area contributed by atoms with E-state index < -0.39 is 0 Å². The van der Waals surface area contributed by atoms with Crippen molar-refractivity contribution < 1.29 is 14.2 Å². The zero-order valence-electron chi connectivity index (χ0n) is 19.3. The van der Waals surface area contributed by atoms with Gasteiger partial charge in [0.2, 0.25) is 0 Å². The lowest BCUT2D eigenvalue weighted by atomic mass is 10.0. The van der Waals surface area contributed by atoms with E-state index in [0.717, 1.165) is 48.7 Å². The maximum atomic E-state index is 6.19. The van der Waals surface area contributed by atoms with Gasteiger partial charge in [0, 0.05) is 0 Å². The molecule has 0 radical (unpaired) electrons. The summed E-state index contributed by atoms with van der Waals surface area (Å²) in [6.45, 7) is 0. The molecule has 0 aromatic heterocycles. The van der Waals surface area contributed by atoms with Crippen LogP contribution in [0.15, 0.2) is 97.1 Å². The highest BCUT2D eigenvalue weighted by Crippen LogP contribution is 2.25. The van der Waals surface area contributed by atoms with Crippen LogP contribution >= 0.6 is 0 Å². The summed E-state index contributed by atoms with van der Waals surface area (Å²) in [4.78, 5) is 0. The first-order valence-electron chi connectivity index (χ1n) is 11.3. The molecule has 0 spiro atoms. The molecule has 4 aromatic rings. The van der Waals surface area contributed by atoms with Crippen LogP contribution in [-0.2, 0) is 25.7 Å². The molecule has 0 bridgehead atoms. The fourth-order valence-corrected chi connectivity index (χ4v) is 3.83. The molecule has 0 N–H and O–H groups in total. The molecule has 0 amide bonds. The lowest BCUT2D eigenvalue weighted by Gasteiger charge is -2.10. The number of methoxy groups -OCH3 is 2. The third-order valence-corrected chi connectivity index (χ3v) is 5.76. The van der Waals surface area contributed by atoms with Crippen LogP contribution in [0.1, 0.15) is 22.3 Å². The molecular formula is C30H30O3. The van der Waals surface area contributed by atoms with Gasteiger partial charge in [0.1, 0.15) is 23.0 Å². The average molecular weight is 439 g/mol. The van der Waals surface area contributed by atoms with Crippen molar-refractivity contribution in [1.29, 1.82) is 0 Å². The normalized spacial score (nSPS) is 10.6. The molecule has 4 rings (SSSR count). The van der Waals surface area contributed by atoms with Crippen molar-refractivity contribution in [3.8, 4) is 23.0 Å². The highest BCUT2D eigenvalue weighted by atomic mass is 16.5. The van der Waals surface area contributed by atoms with Gasteiger partial charge in [-0.25, -0.2) is 0 Å². The quantitative estimate of drug-likeness (QED) is 0.265. The van der Waals surface area contributed by atoms with E-state index in [1.165, 1.54) is 22.3 Å². The number of hydrogen-bond acceptors (Lipinski definition) is 3. The van der Waals surface area contributed by atoms with Crippen LogP contribution in [0.25, 0.3) is 0 Å². The van der Waals surface area contributed by atoms with E-state index in [0.29, 0.717) is 0 Å². The van der Waals surface area contributed by atoms with E-state index in [-0.39, 0.29) is 0 Å². The van der Waals surface area contributed by atoms with Crippen molar-refractivity contribution >= 4 is 0 Å². The fraction of sp³-hybridized carbons (Fsp3) is 0.200. The molecule has 0 aliphatic heterocycles. The summed E-state index contributed by atoms with van der Waals surface area (Å²) >= 11 is 0. The summed E-state index contributed by atoms with van der Waals surface area (Å²) in [6, 6.07) is 33.3. The van der Waals surface area contributed by atoms with Crippen LogP contribution < -0.4 is 14.2 Å². The average Bonchev–Trinajstić information content (AvgIpc) is 2.87. The van der Waals surface area contributed by atoms with Gasteiger partial charge in [-0.1, -0.05) is 48.5 Å². The molecule has 0 aliphatic carbocycles. The molecule has 0 heterocycles.